The fraction of sp³-hybridized carbons (Fsp3) is 0.250. The summed E-state index contributed by atoms with van der Waals surface area (Å²) < 4.78 is 0. The highest BCUT2D eigenvalue weighted by atomic mass is 16.6. The van der Waals surface area contributed by atoms with Crippen LogP contribution in [0.1, 0.15) is 0 Å². The highest BCUT2D eigenvalue weighted by Crippen LogP contribution is 2.06. The summed E-state index contributed by atoms with van der Waals surface area (Å²) in [5.74, 6) is 0. The van der Waals surface area contributed by atoms with Crippen LogP contribution in [-0.2, 0) is 0 Å². The molecule has 13 heavy (non-hydrogen) atoms. The van der Waals surface area contributed by atoms with Crippen molar-refractivity contribution in [1.82, 2.24) is 0 Å². The minimum absolute atomic E-state index is 0.125. The van der Waals surface area contributed by atoms with Gasteiger partial charge in [-0.2, -0.15) is 0 Å². The number of hydrogen-bond donors (Lipinski definition) is 2. The summed E-state index contributed by atoms with van der Waals surface area (Å²) in [6.07, 6.45) is 0. The van der Waals surface area contributed by atoms with Gasteiger partial charge in [-0.25, -0.2) is 0 Å². The number of nitro benzene ring substituents is 1. The maximum absolute atomic E-state index is 10.0. The zero-order chi connectivity index (χ0) is 10.1. The lowest BCUT2D eigenvalue weighted by Crippen LogP contribution is -1.85. The van der Waals surface area contributed by atoms with Gasteiger partial charge < -0.3 is 10.2 Å². The quantitative estimate of drug-likeness (QED) is 0.521. The number of nitrogens with zero attached hydrogens (tertiary/aromatic N) is 1. The molecule has 0 aromatic heterocycles. The Morgan fingerprint density at radius 2 is 1.62 bits per heavy atom. The number of rotatable bonds is 2. The van der Waals surface area contributed by atoms with Gasteiger partial charge >= 0.3 is 0 Å². The van der Waals surface area contributed by atoms with E-state index in [4.69, 9.17) is 10.2 Å². The van der Waals surface area contributed by atoms with Gasteiger partial charge in [-0.1, -0.05) is 18.2 Å². The summed E-state index contributed by atoms with van der Waals surface area (Å²) >= 11 is 0. The first-order valence-corrected chi connectivity index (χ1v) is 3.63. The Bertz CT molecular complexity index is 235. The van der Waals surface area contributed by atoms with E-state index < -0.39 is 4.92 Å². The fourth-order valence-corrected chi connectivity index (χ4v) is 0.550. The van der Waals surface area contributed by atoms with Crippen LogP contribution in [0, 0.1) is 10.1 Å². The number of aliphatic hydroxyl groups is 2. The Morgan fingerprint density at radius 3 is 1.85 bits per heavy atom. The molecule has 1 aromatic rings. The Morgan fingerprint density at radius 1 is 1.15 bits per heavy atom. The molecule has 0 amide bonds. The molecule has 0 atom stereocenters. The minimum atomic E-state index is -0.417. The number of aliphatic hydroxyl groups excluding tert-OH is 2. The summed E-state index contributed by atoms with van der Waals surface area (Å²) in [7, 11) is 0. The first-order valence-electron chi connectivity index (χ1n) is 3.63. The standard InChI is InChI=1S/C6H5NO2.C2H6O2/c8-7(9)6-4-2-1-3-5-6;3-1-2-4/h1-5H;3-4H,1-2H2. The first kappa shape index (κ1) is 11.5. The largest absolute Gasteiger partial charge is 0.394 e. The van der Waals surface area contributed by atoms with Crippen LogP contribution >= 0.6 is 0 Å². The van der Waals surface area contributed by atoms with Gasteiger partial charge in [0.1, 0.15) is 0 Å². The molecule has 0 aliphatic heterocycles. The predicted molar refractivity (Wildman–Crippen MR) is 47.3 cm³/mol. The lowest BCUT2D eigenvalue weighted by Gasteiger charge is -1.85. The van der Waals surface area contributed by atoms with Crippen molar-refractivity contribution < 1.29 is 15.1 Å². The molecule has 0 unspecified atom stereocenters. The second kappa shape index (κ2) is 7.20. The van der Waals surface area contributed by atoms with Crippen molar-refractivity contribution in [2.45, 2.75) is 0 Å². The molecule has 0 heterocycles. The van der Waals surface area contributed by atoms with Crippen molar-refractivity contribution in [2.24, 2.45) is 0 Å². The van der Waals surface area contributed by atoms with Crippen LogP contribution < -0.4 is 0 Å². The highest BCUT2D eigenvalue weighted by molar-refractivity contribution is 5.27. The Labute approximate surface area is 75.4 Å². The van der Waals surface area contributed by atoms with Crippen molar-refractivity contribution in [1.29, 1.82) is 0 Å². The van der Waals surface area contributed by atoms with Gasteiger partial charge in [0.25, 0.3) is 5.69 Å². The summed E-state index contributed by atoms with van der Waals surface area (Å²) in [6.45, 7) is -0.250. The number of nitro groups is 1. The fourth-order valence-electron chi connectivity index (χ4n) is 0.550. The van der Waals surface area contributed by atoms with E-state index in [0.29, 0.717) is 0 Å². The third-order valence-electron chi connectivity index (χ3n) is 1.07. The molecule has 72 valence electrons. The van der Waals surface area contributed by atoms with E-state index in [9.17, 15) is 10.1 Å². The van der Waals surface area contributed by atoms with Gasteiger partial charge in [-0.05, 0) is 0 Å². The molecule has 1 aromatic carbocycles. The van der Waals surface area contributed by atoms with E-state index in [1.165, 1.54) is 12.1 Å². The van der Waals surface area contributed by atoms with E-state index in [-0.39, 0.29) is 18.9 Å². The summed E-state index contributed by atoms with van der Waals surface area (Å²) in [5, 5.41) is 25.3. The molecular weight excluding hydrogens is 174 g/mol. The van der Waals surface area contributed by atoms with Gasteiger partial charge in [0.15, 0.2) is 0 Å². The summed E-state index contributed by atoms with van der Waals surface area (Å²) in [4.78, 5) is 9.59. The maximum Gasteiger partial charge on any atom is 0.269 e. The van der Waals surface area contributed by atoms with E-state index in [1.54, 1.807) is 18.2 Å². The second-order valence-electron chi connectivity index (χ2n) is 2.04. The van der Waals surface area contributed by atoms with Crippen LogP contribution in [0.25, 0.3) is 0 Å². The average molecular weight is 185 g/mol. The van der Waals surface area contributed by atoms with Crippen molar-refractivity contribution in [2.75, 3.05) is 13.2 Å². The smallest absolute Gasteiger partial charge is 0.269 e. The number of hydrogen-bond acceptors (Lipinski definition) is 4. The van der Waals surface area contributed by atoms with Crippen LogP contribution in [0.3, 0.4) is 0 Å². The third-order valence-corrected chi connectivity index (χ3v) is 1.07. The molecular formula is C8H11NO4. The second-order valence-corrected chi connectivity index (χ2v) is 2.04. The van der Waals surface area contributed by atoms with Crippen molar-refractivity contribution in [3.8, 4) is 0 Å². The third kappa shape index (κ3) is 5.77. The minimum Gasteiger partial charge on any atom is -0.394 e. The summed E-state index contributed by atoms with van der Waals surface area (Å²) in [6, 6.07) is 7.93. The lowest BCUT2D eigenvalue weighted by molar-refractivity contribution is -0.384. The van der Waals surface area contributed by atoms with Gasteiger partial charge in [0.05, 0.1) is 18.1 Å². The Hall–Kier alpha value is -1.46. The molecule has 0 bridgehead atoms. The maximum atomic E-state index is 10.0. The number of para-hydroxylation sites is 1. The molecule has 0 aliphatic rings. The molecule has 0 radical (unpaired) electrons. The number of non-ortho nitro benzene ring substituents is 1. The van der Waals surface area contributed by atoms with Gasteiger partial charge in [-0.3, -0.25) is 10.1 Å². The zero-order valence-electron chi connectivity index (χ0n) is 6.96. The van der Waals surface area contributed by atoms with E-state index in [1.807, 2.05) is 0 Å². The van der Waals surface area contributed by atoms with E-state index in [2.05, 4.69) is 0 Å². The van der Waals surface area contributed by atoms with Crippen molar-refractivity contribution >= 4 is 5.69 Å². The van der Waals surface area contributed by atoms with Crippen LogP contribution in [-0.4, -0.2) is 28.4 Å². The average Bonchev–Trinajstić information content (AvgIpc) is 2.19. The van der Waals surface area contributed by atoms with Gasteiger partial charge in [0.2, 0.25) is 0 Å². The molecule has 0 fully saturated rings. The zero-order valence-corrected chi connectivity index (χ0v) is 6.96. The molecule has 0 saturated heterocycles. The van der Waals surface area contributed by atoms with Crippen molar-refractivity contribution in [3.05, 3.63) is 40.4 Å². The molecule has 5 nitrogen and oxygen atoms in total. The molecule has 5 heteroatoms. The first-order chi connectivity index (χ1) is 6.22. The normalized spacial score (nSPS) is 8.46. The van der Waals surface area contributed by atoms with Crippen LogP contribution in [0.5, 0.6) is 0 Å². The van der Waals surface area contributed by atoms with Gasteiger partial charge in [0, 0.05) is 12.1 Å². The van der Waals surface area contributed by atoms with E-state index >= 15 is 0 Å². The lowest BCUT2D eigenvalue weighted by atomic mass is 10.3. The van der Waals surface area contributed by atoms with Crippen LogP contribution in [0.4, 0.5) is 5.69 Å². The van der Waals surface area contributed by atoms with Gasteiger partial charge in [-0.15, -0.1) is 0 Å². The monoisotopic (exact) mass is 185 g/mol. The van der Waals surface area contributed by atoms with Crippen LogP contribution in [0.2, 0.25) is 0 Å². The number of benzene rings is 1. The molecule has 1 rings (SSSR count). The highest BCUT2D eigenvalue weighted by Gasteiger charge is 1.98. The SMILES string of the molecule is O=[N+]([O-])c1ccccc1.OCCO. The molecule has 2 N–H and O–H groups in total. The van der Waals surface area contributed by atoms with Crippen LogP contribution in [0.15, 0.2) is 30.3 Å². The Kier molecular flexibility index (Phi) is 6.39. The topological polar surface area (TPSA) is 83.6 Å². The molecule has 0 spiro atoms. The predicted octanol–water partition coefficient (Wildman–Crippen LogP) is 0.566. The van der Waals surface area contributed by atoms with E-state index in [0.717, 1.165) is 0 Å². The van der Waals surface area contributed by atoms with Crippen molar-refractivity contribution in [3.63, 3.8) is 0 Å². The molecule has 0 saturated carbocycles. The summed E-state index contributed by atoms with van der Waals surface area (Å²) in [5.41, 5.74) is 0.137. The Balaban J connectivity index is 0.000000310. The molecule has 0 aliphatic carbocycles.